The minimum atomic E-state index is -0.616. The molecule has 5 heteroatoms. The molecular weight excluding hydrogens is 268 g/mol. The fourth-order valence-corrected chi connectivity index (χ4v) is 3.21. The molecule has 1 saturated carbocycles. The zero-order chi connectivity index (χ0) is 16.0. The van der Waals surface area contributed by atoms with Gasteiger partial charge >= 0.3 is 5.97 Å². The molecule has 1 N–H and O–H groups in total. The van der Waals surface area contributed by atoms with Gasteiger partial charge in [-0.1, -0.05) is 6.92 Å². The first-order valence-corrected chi connectivity index (χ1v) is 7.98. The van der Waals surface area contributed by atoms with Gasteiger partial charge in [0.15, 0.2) is 0 Å². The van der Waals surface area contributed by atoms with Crippen molar-refractivity contribution in [3.8, 4) is 0 Å². The van der Waals surface area contributed by atoms with Crippen LogP contribution in [0.5, 0.6) is 0 Å². The monoisotopic (exact) mass is 300 g/mol. The van der Waals surface area contributed by atoms with E-state index in [0.29, 0.717) is 18.7 Å². The Hall–Kier alpha value is -0.650. The lowest BCUT2D eigenvalue weighted by Gasteiger charge is -2.38. The van der Waals surface area contributed by atoms with Gasteiger partial charge in [-0.05, 0) is 46.6 Å². The van der Waals surface area contributed by atoms with E-state index in [4.69, 9.17) is 9.47 Å². The quantitative estimate of drug-likeness (QED) is 0.624. The van der Waals surface area contributed by atoms with E-state index in [0.717, 1.165) is 25.8 Å². The number of likely N-dealkylation sites (N-methyl/N-ethyl adjacent to an activating group) is 1. The molecule has 5 nitrogen and oxygen atoms in total. The fourth-order valence-electron chi connectivity index (χ4n) is 3.21. The van der Waals surface area contributed by atoms with Gasteiger partial charge in [0, 0.05) is 25.2 Å². The maximum absolute atomic E-state index is 12.2. The van der Waals surface area contributed by atoms with E-state index < -0.39 is 5.54 Å². The van der Waals surface area contributed by atoms with Gasteiger partial charge in [0.1, 0.15) is 5.54 Å². The highest BCUT2D eigenvalue weighted by molar-refractivity contribution is 5.80. The average molecular weight is 300 g/mol. The van der Waals surface area contributed by atoms with Crippen LogP contribution in [0.2, 0.25) is 0 Å². The second-order valence-electron chi connectivity index (χ2n) is 6.43. The van der Waals surface area contributed by atoms with Crippen molar-refractivity contribution in [1.82, 2.24) is 10.2 Å². The smallest absolute Gasteiger partial charge is 0.325 e. The predicted molar refractivity (Wildman–Crippen MR) is 84.4 cm³/mol. The van der Waals surface area contributed by atoms with Crippen molar-refractivity contribution in [3.05, 3.63) is 0 Å². The number of carbonyl (C=O) groups is 1. The van der Waals surface area contributed by atoms with Crippen LogP contribution in [-0.2, 0) is 14.3 Å². The number of rotatable bonds is 10. The Balaban J connectivity index is 2.73. The second kappa shape index (κ2) is 8.11. The Labute approximate surface area is 129 Å². The number of hydrogen-bond acceptors (Lipinski definition) is 5. The summed E-state index contributed by atoms with van der Waals surface area (Å²) in [5, 5.41) is 3.47. The number of hydrogen-bond donors (Lipinski definition) is 1. The van der Waals surface area contributed by atoms with Crippen molar-refractivity contribution in [2.24, 2.45) is 0 Å². The molecule has 1 fully saturated rings. The molecule has 21 heavy (non-hydrogen) atoms. The summed E-state index contributed by atoms with van der Waals surface area (Å²) in [5.74, 6) is -0.170. The van der Waals surface area contributed by atoms with Gasteiger partial charge in [0.25, 0.3) is 0 Å². The van der Waals surface area contributed by atoms with Gasteiger partial charge in [-0.3, -0.25) is 15.0 Å². The molecule has 3 unspecified atom stereocenters. The highest BCUT2D eigenvalue weighted by atomic mass is 16.5. The van der Waals surface area contributed by atoms with Gasteiger partial charge in [0.2, 0.25) is 0 Å². The Bertz CT molecular complexity index is 333. The van der Waals surface area contributed by atoms with E-state index in [9.17, 15) is 4.79 Å². The van der Waals surface area contributed by atoms with Crippen molar-refractivity contribution in [2.45, 2.75) is 70.6 Å². The summed E-state index contributed by atoms with van der Waals surface area (Å²) in [6.07, 6.45) is 3.04. The summed E-state index contributed by atoms with van der Waals surface area (Å²) < 4.78 is 10.3. The van der Waals surface area contributed by atoms with Crippen LogP contribution >= 0.6 is 0 Å². The predicted octanol–water partition coefficient (Wildman–Crippen LogP) is 1.81. The van der Waals surface area contributed by atoms with Crippen molar-refractivity contribution in [2.75, 3.05) is 27.4 Å². The lowest BCUT2D eigenvalue weighted by atomic mass is 9.92. The minimum absolute atomic E-state index is 0.170. The molecular formula is C16H32N2O3. The third-order valence-corrected chi connectivity index (χ3v) is 4.34. The molecule has 1 aliphatic rings. The third kappa shape index (κ3) is 5.24. The van der Waals surface area contributed by atoms with Crippen molar-refractivity contribution < 1.29 is 14.3 Å². The van der Waals surface area contributed by atoms with Crippen molar-refractivity contribution in [3.63, 3.8) is 0 Å². The lowest BCUT2D eigenvalue weighted by molar-refractivity contribution is -0.149. The van der Waals surface area contributed by atoms with Crippen LogP contribution in [0, 0.1) is 0 Å². The standard InChI is InChI=1S/C16H32N2O3/c1-7-18(13(3)11-20-5)12(2)10-16(4,15(19)21-6)17-14-8-9-14/h12-14,17H,7-11H2,1-6H3. The van der Waals surface area contributed by atoms with Crippen LogP contribution in [0.25, 0.3) is 0 Å². The number of ether oxygens (including phenoxy) is 2. The van der Waals surface area contributed by atoms with E-state index in [1.54, 1.807) is 7.11 Å². The van der Waals surface area contributed by atoms with E-state index in [2.05, 4.69) is 31.0 Å². The van der Waals surface area contributed by atoms with E-state index >= 15 is 0 Å². The highest BCUT2D eigenvalue weighted by Crippen LogP contribution is 2.27. The fraction of sp³-hybridized carbons (Fsp3) is 0.938. The van der Waals surface area contributed by atoms with Crippen LogP contribution in [0.4, 0.5) is 0 Å². The minimum Gasteiger partial charge on any atom is -0.468 e. The van der Waals surface area contributed by atoms with E-state index in [1.165, 1.54) is 7.11 Å². The number of nitrogens with zero attached hydrogens (tertiary/aromatic N) is 1. The first-order chi connectivity index (χ1) is 9.87. The summed E-state index contributed by atoms with van der Waals surface area (Å²) in [6.45, 7) is 10.1. The maximum Gasteiger partial charge on any atom is 0.325 e. The Morgan fingerprint density at radius 3 is 2.38 bits per heavy atom. The number of esters is 1. The Kier molecular flexibility index (Phi) is 7.10. The van der Waals surface area contributed by atoms with Gasteiger partial charge in [-0.2, -0.15) is 0 Å². The molecule has 0 saturated heterocycles. The molecule has 1 rings (SSSR count). The van der Waals surface area contributed by atoms with Crippen LogP contribution < -0.4 is 5.32 Å². The van der Waals surface area contributed by atoms with Crippen molar-refractivity contribution in [1.29, 1.82) is 0 Å². The first-order valence-electron chi connectivity index (χ1n) is 7.98. The SMILES string of the molecule is CCN(C(C)COC)C(C)CC(C)(NC1CC1)C(=O)OC. The summed E-state index contributed by atoms with van der Waals surface area (Å²) in [6, 6.07) is 1.07. The van der Waals surface area contributed by atoms with Gasteiger partial charge in [-0.25, -0.2) is 0 Å². The van der Waals surface area contributed by atoms with Gasteiger partial charge in [-0.15, -0.1) is 0 Å². The normalized spacial score (nSPS) is 20.9. The molecule has 0 aromatic carbocycles. The molecule has 0 aromatic rings. The molecule has 0 heterocycles. The molecule has 0 bridgehead atoms. The molecule has 0 aromatic heterocycles. The molecule has 0 radical (unpaired) electrons. The van der Waals surface area contributed by atoms with Gasteiger partial charge in [0.05, 0.1) is 13.7 Å². The molecule has 0 amide bonds. The molecule has 0 aliphatic heterocycles. The summed E-state index contributed by atoms with van der Waals surface area (Å²) >= 11 is 0. The molecule has 124 valence electrons. The molecule has 3 atom stereocenters. The van der Waals surface area contributed by atoms with Crippen LogP contribution in [0.3, 0.4) is 0 Å². The van der Waals surface area contributed by atoms with Crippen LogP contribution in [-0.4, -0.2) is 61.9 Å². The Morgan fingerprint density at radius 1 is 1.33 bits per heavy atom. The van der Waals surface area contributed by atoms with E-state index in [1.807, 2.05) is 6.92 Å². The summed E-state index contributed by atoms with van der Waals surface area (Å²) in [5.41, 5.74) is -0.616. The van der Waals surface area contributed by atoms with Gasteiger partial charge < -0.3 is 9.47 Å². The first kappa shape index (κ1) is 18.4. The average Bonchev–Trinajstić information content (AvgIpc) is 3.22. The number of nitrogens with one attached hydrogen (secondary N) is 1. The Morgan fingerprint density at radius 2 is 1.95 bits per heavy atom. The second-order valence-corrected chi connectivity index (χ2v) is 6.43. The summed E-state index contributed by atoms with van der Waals surface area (Å²) in [4.78, 5) is 14.6. The van der Waals surface area contributed by atoms with E-state index in [-0.39, 0.29) is 12.0 Å². The highest BCUT2D eigenvalue weighted by Gasteiger charge is 2.41. The number of methoxy groups -OCH3 is 2. The largest absolute Gasteiger partial charge is 0.468 e. The molecule has 0 spiro atoms. The van der Waals surface area contributed by atoms with Crippen molar-refractivity contribution >= 4 is 5.97 Å². The molecule has 1 aliphatic carbocycles. The maximum atomic E-state index is 12.2. The zero-order valence-electron chi connectivity index (χ0n) is 14.4. The van der Waals surface area contributed by atoms with Crippen LogP contribution in [0.15, 0.2) is 0 Å². The topological polar surface area (TPSA) is 50.8 Å². The third-order valence-electron chi connectivity index (χ3n) is 4.34. The number of carbonyl (C=O) groups excluding carboxylic acids is 1. The van der Waals surface area contributed by atoms with Crippen LogP contribution in [0.1, 0.15) is 47.0 Å². The lowest BCUT2D eigenvalue weighted by Crippen LogP contribution is -2.56. The summed E-state index contributed by atoms with van der Waals surface area (Å²) in [7, 11) is 3.19. The zero-order valence-corrected chi connectivity index (χ0v) is 14.4.